The molecule has 0 fully saturated rings. The van der Waals surface area contributed by atoms with Gasteiger partial charge in [0, 0.05) is 12.2 Å². The minimum absolute atomic E-state index is 0.239. The zero-order chi connectivity index (χ0) is 12.7. The Morgan fingerprint density at radius 1 is 1.35 bits per heavy atom. The Hall–Kier alpha value is -1.55. The number of carbonyl (C=O) groups excluding carboxylic acids is 1. The van der Waals surface area contributed by atoms with Crippen LogP contribution in [0.3, 0.4) is 0 Å². The highest BCUT2D eigenvalue weighted by Gasteiger charge is 2.03. The van der Waals surface area contributed by atoms with Gasteiger partial charge < -0.3 is 15.7 Å². The van der Waals surface area contributed by atoms with Crippen molar-refractivity contribution in [1.82, 2.24) is 5.32 Å². The number of benzene rings is 1. The molecule has 0 aliphatic heterocycles. The number of hydrogen-bond acceptors (Lipinski definition) is 2. The molecule has 0 bridgehead atoms. The highest BCUT2D eigenvalue weighted by Crippen LogP contribution is 2.08. The topological polar surface area (TPSA) is 61.4 Å². The molecule has 0 radical (unpaired) electrons. The number of nitrogens with one attached hydrogen (secondary N) is 2. The molecule has 94 valence electrons. The summed E-state index contributed by atoms with van der Waals surface area (Å²) >= 11 is 0. The van der Waals surface area contributed by atoms with E-state index in [1.54, 1.807) is 0 Å². The van der Waals surface area contributed by atoms with Gasteiger partial charge in [-0.15, -0.1) is 0 Å². The van der Waals surface area contributed by atoms with Gasteiger partial charge in [-0.1, -0.05) is 24.6 Å². The van der Waals surface area contributed by atoms with Crippen LogP contribution < -0.4 is 10.6 Å². The van der Waals surface area contributed by atoms with Gasteiger partial charge in [0.05, 0.1) is 6.10 Å². The van der Waals surface area contributed by atoms with Crippen LogP contribution in [0.5, 0.6) is 0 Å². The van der Waals surface area contributed by atoms with Gasteiger partial charge >= 0.3 is 6.03 Å². The Kier molecular flexibility index (Phi) is 5.49. The second-order valence-electron chi connectivity index (χ2n) is 4.10. The van der Waals surface area contributed by atoms with Crippen LogP contribution >= 0.6 is 0 Å². The zero-order valence-electron chi connectivity index (χ0n) is 10.4. The van der Waals surface area contributed by atoms with Gasteiger partial charge in [-0.2, -0.15) is 0 Å². The first-order valence-electron chi connectivity index (χ1n) is 5.91. The van der Waals surface area contributed by atoms with Crippen LogP contribution in [0.2, 0.25) is 0 Å². The van der Waals surface area contributed by atoms with Crippen molar-refractivity contribution < 1.29 is 9.90 Å². The number of hydrogen-bond donors (Lipinski definition) is 3. The Balaban J connectivity index is 2.27. The molecule has 0 saturated carbocycles. The fourth-order valence-corrected chi connectivity index (χ4v) is 1.37. The van der Waals surface area contributed by atoms with Crippen molar-refractivity contribution in [2.45, 2.75) is 32.8 Å². The second kappa shape index (κ2) is 6.91. The van der Waals surface area contributed by atoms with Crippen LogP contribution in [0, 0.1) is 6.92 Å². The average Bonchev–Trinajstić information content (AvgIpc) is 2.32. The SMILES string of the molecule is CCC(O)CCNC(=O)Nc1ccc(C)cc1. The van der Waals surface area contributed by atoms with Crippen LogP contribution in [-0.2, 0) is 0 Å². The molecule has 0 aromatic heterocycles. The molecule has 1 aromatic rings. The maximum atomic E-state index is 11.5. The Morgan fingerprint density at radius 2 is 2.00 bits per heavy atom. The number of urea groups is 1. The molecule has 2 amide bonds. The summed E-state index contributed by atoms with van der Waals surface area (Å²) in [4.78, 5) is 11.5. The van der Waals surface area contributed by atoms with Gasteiger partial charge in [0.2, 0.25) is 0 Å². The van der Waals surface area contributed by atoms with E-state index in [4.69, 9.17) is 0 Å². The minimum atomic E-state index is -0.338. The Bertz CT molecular complexity index is 349. The first kappa shape index (κ1) is 13.5. The standard InChI is InChI=1S/C13H20N2O2/c1-3-12(16)8-9-14-13(17)15-11-6-4-10(2)5-7-11/h4-7,12,16H,3,8-9H2,1-2H3,(H2,14,15,17). The normalized spacial score (nSPS) is 11.9. The third-order valence-electron chi connectivity index (χ3n) is 2.54. The summed E-state index contributed by atoms with van der Waals surface area (Å²) in [5, 5.41) is 14.7. The van der Waals surface area contributed by atoms with Gasteiger partial charge in [0.25, 0.3) is 0 Å². The molecule has 0 spiro atoms. The van der Waals surface area contributed by atoms with Crippen molar-refractivity contribution in [3.05, 3.63) is 29.8 Å². The summed E-state index contributed by atoms with van der Waals surface area (Å²) in [7, 11) is 0. The van der Waals surface area contributed by atoms with E-state index in [0.717, 1.165) is 11.3 Å². The van der Waals surface area contributed by atoms with Gasteiger partial charge in [0.15, 0.2) is 0 Å². The third-order valence-corrected chi connectivity index (χ3v) is 2.54. The molecule has 4 heteroatoms. The van der Waals surface area contributed by atoms with Crippen LogP contribution in [0.15, 0.2) is 24.3 Å². The predicted octanol–water partition coefficient (Wildman–Crippen LogP) is 2.28. The molecule has 0 aliphatic carbocycles. The summed E-state index contributed by atoms with van der Waals surface area (Å²) < 4.78 is 0. The van der Waals surface area contributed by atoms with Crippen molar-refractivity contribution in [3.63, 3.8) is 0 Å². The number of anilines is 1. The zero-order valence-corrected chi connectivity index (χ0v) is 10.4. The molecule has 17 heavy (non-hydrogen) atoms. The van der Waals surface area contributed by atoms with E-state index in [0.29, 0.717) is 19.4 Å². The smallest absolute Gasteiger partial charge is 0.319 e. The van der Waals surface area contributed by atoms with Gasteiger partial charge in [-0.05, 0) is 31.9 Å². The number of aliphatic hydroxyl groups excluding tert-OH is 1. The van der Waals surface area contributed by atoms with Crippen molar-refractivity contribution in [2.75, 3.05) is 11.9 Å². The quantitative estimate of drug-likeness (QED) is 0.734. The molecule has 1 atom stereocenters. The van der Waals surface area contributed by atoms with Crippen LogP contribution in [-0.4, -0.2) is 23.8 Å². The van der Waals surface area contributed by atoms with Gasteiger partial charge in [-0.3, -0.25) is 0 Å². The second-order valence-corrected chi connectivity index (χ2v) is 4.10. The minimum Gasteiger partial charge on any atom is -0.393 e. The molecule has 1 unspecified atom stereocenters. The highest BCUT2D eigenvalue weighted by molar-refractivity contribution is 5.89. The van der Waals surface area contributed by atoms with Crippen molar-refractivity contribution in [1.29, 1.82) is 0 Å². The van der Waals surface area contributed by atoms with Crippen molar-refractivity contribution in [2.24, 2.45) is 0 Å². The lowest BCUT2D eigenvalue weighted by Crippen LogP contribution is -2.31. The highest BCUT2D eigenvalue weighted by atomic mass is 16.3. The maximum absolute atomic E-state index is 11.5. The van der Waals surface area contributed by atoms with Crippen LogP contribution in [0.4, 0.5) is 10.5 Å². The van der Waals surface area contributed by atoms with E-state index in [2.05, 4.69) is 10.6 Å². The van der Waals surface area contributed by atoms with E-state index >= 15 is 0 Å². The summed E-state index contributed by atoms with van der Waals surface area (Å²) in [6, 6.07) is 7.36. The summed E-state index contributed by atoms with van der Waals surface area (Å²) in [6.45, 7) is 4.39. The van der Waals surface area contributed by atoms with E-state index in [9.17, 15) is 9.90 Å². The fraction of sp³-hybridized carbons (Fsp3) is 0.462. The van der Waals surface area contributed by atoms with Crippen molar-refractivity contribution in [3.8, 4) is 0 Å². The van der Waals surface area contributed by atoms with E-state index in [-0.39, 0.29) is 12.1 Å². The molecule has 1 aromatic carbocycles. The molecule has 4 nitrogen and oxygen atoms in total. The molecule has 3 N–H and O–H groups in total. The molecule has 0 saturated heterocycles. The number of carbonyl (C=O) groups is 1. The van der Waals surface area contributed by atoms with Gasteiger partial charge in [-0.25, -0.2) is 4.79 Å². The molecule has 0 aliphatic rings. The fourth-order valence-electron chi connectivity index (χ4n) is 1.37. The lowest BCUT2D eigenvalue weighted by molar-refractivity contribution is 0.160. The molecule has 0 heterocycles. The van der Waals surface area contributed by atoms with Gasteiger partial charge in [0.1, 0.15) is 0 Å². The number of amides is 2. The largest absolute Gasteiger partial charge is 0.393 e. The van der Waals surface area contributed by atoms with Crippen LogP contribution in [0.1, 0.15) is 25.3 Å². The summed E-state index contributed by atoms with van der Waals surface area (Å²) in [5.41, 5.74) is 1.92. The molecular formula is C13H20N2O2. The Labute approximate surface area is 102 Å². The number of aliphatic hydroxyl groups is 1. The average molecular weight is 236 g/mol. The van der Waals surface area contributed by atoms with E-state index < -0.39 is 0 Å². The predicted molar refractivity (Wildman–Crippen MR) is 69.1 cm³/mol. The van der Waals surface area contributed by atoms with Crippen molar-refractivity contribution >= 4 is 11.7 Å². The number of aryl methyl sites for hydroxylation is 1. The third kappa shape index (κ3) is 5.36. The summed E-state index contributed by atoms with van der Waals surface area (Å²) in [6.07, 6.45) is 0.952. The van der Waals surface area contributed by atoms with Crippen LogP contribution in [0.25, 0.3) is 0 Å². The first-order valence-corrected chi connectivity index (χ1v) is 5.91. The first-order chi connectivity index (χ1) is 8.11. The summed E-state index contributed by atoms with van der Waals surface area (Å²) in [5.74, 6) is 0. The number of rotatable bonds is 5. The lowest BCUT2D eigenvalue weighted by Gasteiger charge is -2.10. The lowest BCUT2D eigenvalue weighted by atomic mass is 10.2. The molecule has 1 rings (SSSR count). The van der Waals surface area contributed by atoms with E-state index in [1.807, 2.05) is 38.1 Å². The van der Waals surface area contributed by atoms with E-state index in [1.165, 1.54) is 0 Å². The Morgan fingerprint density at radius 3 is 2.59 bits per heavy atom. The molecular weight excluding hydrogens is 216 g/mol. The monoisotopic (exact) mass is 236 g/mol. The maximum Gasteiger partial charge on any atom is 0.319 e.